The number of hydrogen-bond donors (Lipinski definition) is 1. The third kappa shape index (κ3) is 3.90. The molecule has 0 saturated heterocycles. The molecule has 2 rings (SSSR count). The number of carbonyl (C=O) groups excluding carboxylic acids is 1. The number of ether oxygens (including phenoxy) is 1. The minimum Gasteiger partial charge on any atom is -0.497 e. The number of hydrogen-bond acceptors (Lipinski definition) is 3. The van der Waals surface area contributed by atoms with Crippen LogP contribution in [0.3, 0.4) is 0 Å². The highest BCUT2D eigenvalue weighted by atomic mass is 16.5. The largest absolute Gasteiger partial charge is 0.497 e. The first-order chi connectivity index (χ1) is 10.5. The van der Waals surface area contributed by atoms with Crippen molar-refractivity contribution in [3.05, 3.63) is 36.0 Å². The summed E-state index contributed by atoms with van der Waals surface area (Å²) in [5.41, 5.74) is 2.19. The average molecular weight is 301 g/mol. The van der Waals surface area contributed by atoms with E-state index in [4.69, 9.17) is 4.74 Å². The van der Waals surface area contributed by atoms with E-state index < -0.39 is 0 Å². The number of nitrogens with one attached hydrogen (secondary N) is 1. The van der Waals surface area contributed by atoms with Crippen LogP contribution in [-0.4, -0.2) is 12.9 Å². The van der Waals surface area contributed by atoms with Gasteiger partial charge in [-0.25, -0.2) is 0 Å². The van der Waals surface area contributed by atoms with Crippen molar-refractivity contribution in [1.82, 2.24) is 0 Å². The molecule has 3 nitrogen and oxygen atoms in total. The molecule has 0 unspecified atom stereocenters. The number of carbonyl (C=O) groups is 1. The highest BCUT2D eigenvalue weighted by Crippen LogP contribution is 2.41. The lowest BCUT2D eigenvalue weighted by Crippen LogP contribution is -2.29. The molecule has 22 heavy (non-hydrogen) atoms. The van der Waals surface area contributed by atoms with Gasteiger partial charge in [0.2, 0.25) is 0 Å². The number of rotatable bonds is 5. The second-order valence-corrected chi connectivity index (χ2v) is 6.75. The summed E-state index contributed by atoms with van der Waals surface area (Å²) in [5, 5.41) is 3.25. The highest BCUT2D eigenvalue weighted by molar-refractivity contribution is 5.96. The number of allylic oxidation sites excluding steroid dienone is 1. The van der Waals surface area contributed by atoms with Gasteiger partial charge in [0.05, 0.1) is 7.11 Å². The van der Waals surface area contributed by atoms with Crippen molar-refractivity contribution in [1.29, 1.82) is 0 Å². The zero-order valence-electron chi connectivity index (χ0n) is 14.1. The van der Waals surface area contributed by atoms with Gasteiger partial charge in [-0.1, -0.05) is 27.2 Å². The Labute approximate surface area is 133 Å². The maximum Gasteiger partial charge on any atom is 0.160 e. The fourth-order valence-electron chi connectivity index (χ4n) is 2.90. The van der Waals surface area contributed by atoms with Crippen LogP contribution < -0.4 is 10.1 Å². The lowest BCUT2D eigenvalue weighted by molar-refractivity contribution is -0.117. The molecule has 1 N–H and O–H groups in total. The summed E-state index contributed by atoms with van der Waals surface area (Å²) in [7, 11) is 1.65. The predicted octanol–water partition coefficient (Wildman–Crippen LogP) is 4.80. The average Bonchev–Trinajstić information content (AvgIpc) is 2.54. The highest BCUT2D eigenvalue weighted by Gasteiger charge is 2.33. The summed E-state index contributed by atoms with van der Waals surface area (Å²) < 4.78 is 5.15. The molecule has 3 heteroatoms. The van der Waals surface area contributed by atoms with Gasteiger partial charge in [0.25, 0.3) is 0 Å². The first-order valence-corrected chi connectivity index (χ1v) is 8.09. The van der Waals surface area contributed by atoms with Crippen molar-refractivity contribution in [2.45, 2.75) is 46.5 Å². The zero-order valence-corrected chi connectivity index (χ0v) is 14.1. The van der Waals surface area contributed by atoms with Gasteiger partial charge in [0.1, 0.15) is 5.75 Å². The summed E-state index contributed by atoms with van der Waals surface area (Å²) in [4.78, 5) is 12.1. The molecule has 1 aliphatic rings. The molecule has 1 atom stereocenters. The number of anilines is 1. The van der Waals surface area contributed by atoms with E-state index in [1.54, 1.807) is 7.11 Å². The van der Waals surface area contributed by atoms with Gasteiger partial charge in [-0.3, -0.25) is 4.79 Å². The molecule has 0 spiro atoms. The third-order valence-corrected chi connectivity index (χ3v) is 5.06. The third-order valence-electron chi connectivity index (χ3n) is 5.06. The van der Waals surface area contributed by atoms with E-state index in [0.717, 1.165) is 36.3 Å². The molecular formula is C19H27NO2. The Balaban J connectivity index is 2.06. The van der Waals surface area contributed by atoms with Crippen LogP contribution in [0.1, 0.15) is 46.5 Å². The Hall–Kier alpha value is -1.77. The normalized spacial score (nSPS) is 21.0. The molecule has 0 bridgehead atoms. The Morgan fingerprint density at radius 2 is 2.00 bits per heavy atom. The molecule has 1 fully saturated rings. The first kappa shape index (κ1) is 16.6. The quantitative estimate of drug-likeness (QED) is 0.794. The van der Waals surface area contributed by atoms with E-state index in [9.17, 15) is 4.79 Å². The maximum absolute atomic E-state index is 12.1. The molecule has 0 aromatic heterocycles. The fraction of sp³-hybridized carbons (Fsp3) is 0.526. The van der Waals surface area contributed by atoms with Crippen molar-refractivity contribution < 1.29 is 9.53 Å². The summed E-state index contributed by atoms with van der Waals surface area (Å²) in [5.74, 6) is 1.69. The number of ketones is 1. The number of methoxy groups -OCH3 is 1. The van der Waals surface area contributed by atoms with E-state index in [-0.39, 0.29) is 5.78 Å². The van der Waals surface area contributed by atoms with Gasteiger partial charge in [0, 0.05) is 23.9 Å². The van der Waals surface area contributed by atoms with Crippen molar-refractivity contribution in [3.8, 4) is 5.75 Å². The molecule has 0 heterocycles. The van der Waals surface area contributed by atoms with Crippen LogP contribution in [-0.2, 0) is 4.79 Å². The van der Waals surface area contributed by atoms with Crippen LogP contribution in [0.5, 0.6) is 5.75 Å². The van der Waals surface area contributed by atoms with E-state index in [0.29, 0.717) is 17.8 Å². The molecule has 1 aliphatic carbocycles. The standard InChI is InChI=1S/C19H27NO2/c1-5-19(2,3)15-6-11-18(21)14(12-15)13-20-16-7-9-17(22-4)10-8-16/h7-10,13,15,20H,5-6,11-12H2,1-4H3/b14-13+/t15-/m1/s1. The van der Waals surface area contributed by atoms with Gasteiger partial charge < -0.3 is 10.1 Å². The molecular weight excluding hydrogens is 274 g/mol. The van der Waals surface area contributed by atoms with Gasteiger partial charge in [-0.05, 0) is 48.4 Å². The van der Waals surface area contributed by atoms with Crippen LogP contribution in [0.25, 0.3) is 0 Å². The van der Waals surface area contributed by atoms with Crippen molar-refractivity contribution >= 4 is 11.5 Å². The Morgan fingerprint density at radius 3 is 2.59 bits per heavy atom. The minimum atomic E-state index is 0.282. The molecule has 1 aromatic rings. The van der Waals surface area contributed by atoms with Crippen LogP contribution in [0.4, 0.5) is 5.69 Å². The van der Waals surface area contributed by atoms with Gasteiger partial charge in [-0.2, -0.15) is 0 Å². The molecule has 0 radical (unpaired) electrons. The zero-order chi connectivity index (χ0) is 16.2. The van der Waals surface area contributed by atoms with E-state index in [2.05, 4.69) is 26.1 Å². The minimum absolute atomic E-state index is 0.282. The van der Waals surface area contributed by atoms with Gasteiger partial charge >= 0.3 is 0 Å². The van der Waals surface area contributed by atoms with E-state index in [1.165, 1.54) is 0 Å². The molecule has 0 aliphatic heterocycles. The topological polar surface area (TPSA) is 38.3 Å². The molecule has 0 amide bonds. The first-order valence-electron chi connectivity index (χ1n) is 8.09. The lowest BCUT2D eigenvalue weighted by Gasteiger charge is -2.36. The van der Waals surface area contributed by atoms with E-state index >= 15 is 0 Å². The predicted molar refractivity (Wildman–Crippen MR) is 91.1 cm³/mol. The fourth-order valence-corrected chi connectivity index (χ4v) is 2.90. The van der Waals surface area contributed by atoms with Crippen molar-refractivity contribution in [2.75, 3.05) is 12.4 Å². The molecule has 1 saturated carbocycles. The van der Waals surface area contributed by atoms with Crippen LogP contribution in [0, 0.1) is 11.3 Å². The Morgan fingerprint density at radius 1 is 1.32 bits per heavy atom. The summed E-state index contributed by atoms with van der Waals surface area (Å²) in [6, 6.07) is 7.73. The van der Waals surface area contributed by atoms with Gasteiger partial charge in [-0.15, -0.1) is 0 Å². The van der Waals surface area contributed by atoms with Crippen LogP contribution in [0.2, 0.25) is 0 Å². The van der Waals surface area contributed by atoms with Crippen molar-refractivity contribution in [2.24, 2.45) is 11.3 Å². The monoisotopic (exact) mass is 301 g/mol. The maximum atomic E-state index is 12.1. The number of benzene rings is 1. The van der Waals surface area contributed by atoms with Crippen molar-refractivity contribution in [3.63, 3.8) is 0 Å². The summed E-state index contributed by atoms with van der Waals surface area (Å²) in [6.07, 6.45) is 5.60. The smallest absolute Gasteiger partial charge is 0.160 e. The molecule has 120 valence electrons. The SMILES string of the molecule is CCC(C)(C)[C@@H]1CCC(=O)/C(=C/Nc2ccc(OC)cc2)C1. The molecule has 1 aromatic carbocycles. The summed E-state index contributed by atoms with van der Waals surface area (Å²) in [6.45, 7) is 6.85. The lowest BCUT2D eigenvalue weighted by atomic mass is 9.68. The Bertz CT molecular complexity index is 543. The Kier molecular flexibility index (Phi) is 5.28. The van der Waals surface area contributed by atoms with Crippen LogP contribution in [0.15, 0.2) is 36.0 Å². The second-order valence-electron chi connectivity index (χ2n) is 6.75. The van der Waals surface area contributed by atoms with Crippen LogP contribution >= 0.6 is 0 Å². The number of Topliss-reactive ketones (excluding diaryl/α,β-unsaturated/α-hetero) is 1. The summed E-state index contributed by atoms with van der Waals surface area (Å²) >= 11 is 0. The van der Waals surface area contributed by atoms with Gasteiger partial charge in [0.15, 0.2) is 5.78 Å². The van der Waals surface area contributed by atoms with E-state index in [1.807, 2.05) is 30.5 Å². The second kappa shape index (κ2) is 6.99.